The van der Waals surface area contributed by atoms with Crippen LogP contribution < -0.4 is 4.74 Å². The van der Waals surface area contributed by atoms with Crippen molar-refractivity contribution in [3.05, 3.63) is 119 Å². The van der Waals surface area contributed by atoms with Crippen LogP contribution in [0.2, 0.25) is 0 Å². The van der Waals surface area contributed by atoms with Crippen LogP contribution in [0, 0.1) is 0 Å². The predicted molar refractivity (Wildman–Crippen MR) is 152 cm³/mol. The third kappa shape index (κ3) is 4.08. The molecule has 0 N–H and O–H groups in total. The molecule has 4 aromatic carbocycles. The fourth-order valence-electron chi connectivity index (χ4n) is 4.85. The Labute approximate surface area is 219 Å². The molecule has 0 saturated heterocycles. The summed E-state index contributed by atoms with van der Waals surface area (Å²) in [5, 5.41) is 2.37. The van der Waals surface area contributed by atoms with Gasteiger partial charge in [0.15, 0.2) is 0 Å². The number of hydrogen-bond acceptors (Lipinski definition) is 2. The summed E-state index contributed by atoms with van der Waals surface area (Å²) in [5.41, 5.74) is 5.83. The maximum absolute atomic E-state index is 6.23. The molecule has 0 spiro atoms. The molecule has 2 heterocycles. The minimum absolute atomic E-state index is 0.352. The Morgan fingerprint density at radius 3 is 2.28 bits per heavy atom. The second-order valence-corrected chi connectivity index (χ2v) is 10.2. The van der Waals surface area contributed by atoms with Gasteiger partial charge in [-0.15, -0.1) is 0 Å². The summed E-state index contributed by atoms with van der Waals surface area (Å²) in [5.74, 6) is 2.84. The number of benzene rings is 4. The molecule has 36 heavy (non-hydrogen) atoms. The second kappa shape index (κ2) is 9.29. The third-order valence-corrected chi connectivity index (χ3v) is 7.03. The van der Waals surface area contributed by atoms with Gasteiger partial charge in [-0.25, -0.2) is 4.98 Å². The van der Waals surface area contributed by atoms with E-state index in [4.69, 9.17) is 9.72 Å². The van der Waals surface area contributed by atoms with Gasteiger partial charge in [0.2, 0.25) is 0 Å². The first kappa shape index (κ1) is 22.6. The summed E-state index contributed by atoms with van der Waals surface area (Å²) in [6, 6.07) is 35.4. The van der Waals surface area contributed by atoms with Crippen molar-refractivity contribution < 1.29 is 4.74 Å². The Balaban J connectivity index is 1.55. The van der Waals surface area contributed by atoms with Gasteiger partial charge in [-0.1, -0.05) is 84.4 Å². The first-order valence-electron chi connectivity index (χ1n) is 12.1. The van der Waals surface area contributed by atoms with Crippen LogP contribution in [-0.4, -0.2) is 9.55 Å². The highest BCUT2D eigenvalue weighted by atomic mass is 79.9. The van der Waals surface area contributed by atoms with E-state index in [1.165, 1.54) is 27.5 Å². The molecule has 2 aromatic heterocycles. The maximum atomic E-state index is 6.23. The molecule has 0 saturated carbocycles. The van der Waals surface area contributed by atoms with Gasteiger partial charge in [0.05, 0.1) is 11.0 Å². The topological polar surface area (TPSA) is 27.1 Å². The Bertz CT molecular complexity index is 1700. The Morgan fingerprint density at radius 2 is 1.47 bits per heavy atom. The van der Waals surface area contributed by atoms with Gasteiger partial charge in [0.25, 0.3) is 0 Å². The summed E-state index contributed by atoms with van der Waals surface area (Å²) >= 11 is 3.53. The molecular formula is C32H25BrN2O. The van der Waals surface area contributed by atoms with Crippen molar-refractivity contribution in [3.63, 3.8) is 0 Å². The predicted octanol–water partition coefficient (Wildman–Crippen LogP) is 9.52. The van der Waals surface area contributed by atoms with Gasteiger partial charge in [0, 0.05) is 33.1 Å². The number of fused-ring (bicyclic) bond motifs is 3. The van der Waals surface area contributed by atoms with E-state index in [2.05, 4.69) is 101 Å². The molecule has 0 fully saturated rings. The lowest BCUT2D eigenvalue weighted by Crippen LogP contribution is -2.02. The third-order valence-electron chi connectivity index (χ3n) is 6.53. The monoisotopic (exact) mass is 532 g/mol. The zero-order chi connectivity index (χ0) is 24.6. The van der Waals surface area contributed by atoms with E-state index in [1.54, 1.807) is 0 Å². The molecule has 0 unspecified atom stereocenters. The number of hydrogen-bond donors (Lipinski definition) is 0. The minimum Gasteiger partial charge on any atom is -0.457 e. The van der Waals surface area contributed by atoms with Crippen LogP contribution in [-0.2, 0) is 0 Å². The largest absolute Gasteiger partial charge is 0.457 e. The fourth-order valence-corrected chi connectivity index (χ4v) is 5.22. The first-order valence-corrected chi connectivity index (χ1v) is 12.9. The number of ether oxygens (including phenoxy) is 1. The van der Waals surface area contributed by atoms with Crippen LogP contribution in [0.25, 0.3) is 38.8 Å². The zero-order valence-corrected chi connectivity index (χ0v) is 21.7. The highest BCUT2D eigenvalue weighted by molar-refractivity contribution is 9.10. The van der Waals surface area contributed by atoms with Crippen LogP contribution in [0.15, 0.2) is 114 Å². The van der Waals surface area contributed by atoms with E-state index in [0.29, 0.717) is 5.92 Å². The summed E-state index contributed by atoms with van der Waals surface area (Å²) < 4.78 is 9.46. The van der Waals surface area contributed by atoms with Crippen molar-refractivity contribution in [2.75, 3.05) is 0 Å². The maximum Gasteiger partial charge on any atom is 0.137 e. The average molecular weight is 533 g/mol. The zero-order valence-electron chi connectivity index (χ0n) is 20.2. The van der Waals surface area contributed by atoms with Gasteiger partial charge >= 0.3 is 0 Å². The van der Waals surface area contributed by atoms with Crippen molar-refractivity contribution in [3.8, 4) is 28.4 Å². The van der Waals surface area contributed by atoms with Gasteiger partial charge in [-0.05, 0) is 59.5 Å². The number of para-hydroxylation sites is 1. The lowest BCUT2D eigenvalue weighted by atomic mass is 9.94. The van der Waals surface area contributed by atoms with E-state index in [9.17, 15) is 0 Å². The van der Waals surface area contributed by atoms with E-state index in [1.807, 2.05) is 42.6 Å². The Kier molecular flexibility index (Phi) is 5.82. The molecule has 0 aliphatic rings. The van der Waals surface area contributed by atoms with Crippen molar-refractivity contribution in [2.45, 2.75) is 19.8 Å². The van der Waals surface area contributed by atoms with E-state index in [0.717, 1.165) is 32.8 Å². The Hall–Kier alpha value is -3.89. The molecule has 3 nitrogen and oxygen atoms in total. The molecular weight excluding hydrogens is 508 g/mol. The van der Waals surface area contributed by atoms with Gasteiger partial charge < -0.3 is 4.74 Å². The SMILES string of the molecule is CC(C)c1cc(-n2c3ccccc3c3ccc(Oc4cccc(Br)c4)cc32)ncc1-c1ccccc1. The molecule has 0 aliphatic heterocycles. The molecule has 6 rings (SSSR count). The van der Waals surface area contributed by atoms with Crippen LogP contribution >= 0.6 is 15.9 Å². The highest BCUT2D eigenvalue weighted by Gasteiger charge is 2.17. The number of aromatic nitrogens is 2. The van der Waals surface area contributed by atoms with Crippen molar-refractivity contribution >= 4 is 37.7 Å². The smallest absolute Gasteiger partial charge is 0.137 e. The quantitative estimate of drug-likeness (QED) is 0.221. The normalized spacial score (nSPS) is 11.4. The second-order valence-electron chi connectivity index (χ2n) is 9.24. The van der Waals surface area contributed by atoms with Crippen LogP contribution in [0.5, 0.6) is 11.5 Å². The summed E-state index contributed by atoms with van der Waals surface area (Å²) in [6.07, 6.45) is 2.02. The molecule has 6 aromatic rings. The van der Waals surface area contributed by atoms with Gasteiger partial charge in [-0.3, -0.25) is 4.57 Å². The molecule has 0 bridgehead atoms. The van der Waals surface area contributed by atoms with Crippen molar-refractivity contribution in [1.82, 2.24) is 9.55 Å². The summed E-state index contributed by atoms with van der Waals surface area (Å²) in [6.45, 7) is 4.47. The minimum atomic E-state index is 0.352. The standard InChI is InChI=1S/C32H25BrN2O/c1-21(2)28-19-32(34-20-29(28)22-9-4-3-5-10-22)35-30-14-7-6-13-26(30)27-16-15-25(18-31(27)35)36-24-12-8-11-23(33)17-24/h3-21H,1-2H3. The van der Waals surface area contributed by atoms with Gasteiger partial charge in [-0.2, -0.15) is 0 Å². The molecule has 0 radical (unpaired) electrons. The number of halogens is 1. The first-order chi connectivity index (χ1) is 17.6. The average Bonchev–Trinajstić information content (AvgIpc) is 3.22. The van der Waals surface area contributed by atoms with E-state index in [-0.39, 0.29) is 0 Å². The molecule has 4 heteroatoms. The molecule has 0 aliphatic carbocycles. The summed E-state index contributed by atoms with van der Waals surface area (Å²) in [4.78, 5) is 4.98. The van der Waals surface area contributed by atoms with Gasteiger partial charge in [0.1, 0.15) is 17.3 Å². The fraction of sp³-hybridized carbons (Fsp3) is 0.0938. The lowest BCUT2D eigenvalue weighted by Gasteiger charge is -2.16. The van der Waals surface area contributed by atoms with Crippen LogP contribution in [0.3, 0.4) is 0 Å². The Morgan fingerprint density at radius 1 is 0.722 bits per heavy atom. The number of nitrogens with zero attached hydrogens (tertiary/aromatic N) is 2. The van der Waals surface area contributed by atoms with E-state index >= 15 is 0 Å². The number of rotatable bonds is 5. The summed E-state index contributed by atoms with van der Waals surface area (Å²) in [7, 11) is 0. The number of pyridine rings is 1. The van der Waals surface area contributed by atoms with E-state index < -0.39 is 0 Å². The highest BCUT2D eigenvalue weighted by Crippen LogP contribution is 2.37. The van der Waals surface area contributed by atoms with Crippen LogP contribution in [0.4, 0.5) is 0 Å². The van der Waals surface area contributed by atoms with Crippen LogP contribution in [0.1, 0.15) is 25.3 Å². The lowest BCUT2D eigenvalue weighted by molar-refractivity contribution is 0.483. The molecule has 0 atom stereocenters. The van der Waals surface area contributed by atoms with Crippen molar-refractivity contribution in [1.29, 1.82) is 0 Å². The van der Waals surface area contributed by atoms with Crippen molar-refractivity contribution in [2.24, 2.45) is 0 Å². The molecule has 0 amide bonds. The molecule has 176 valence electrons.